The molecule has 0 aromatic heterocycles. The van der Waals surface area contributed by atoms with E-state index in [1.807, 2.05) is 0 Å². The van der Waals surface area contributed by atoms with Gasteiger partial charge in [0.1, 0.15) is 0 Å². The fourth-order valence-electron chi connectivity index (χ4n) is 3.07. The van der Waals surface area contributed by atoms with Crippen molar-refractivity contribution in [3.05, 3.63) is 28.8 Å². The summed E-state index contributed by atoms with van der Waals surface area (Å²) in [4.78, 5) is 24.6. The molecule has 1 N–H and O–H groups in total. The van der Waals surface area contributed by atoms with Crippen LogP contribution >= 0.6 is 11.6 Å². The molecule has 0 saturated carbocycles. The lowest BCUT2D eigenvalue weighted by molar-refractivity contribution is -0.119. The van der Waals surface area contributed by atoms with E-state index >= 15 is 0 Å². The zero-order chi connectivity index (χ0) is 19.3. The highest BCUT2D eigenvalue weighted by atomic mass is 35.5. The SMILES string of the molecule is CC1CS(=O)(=O)N(c2ccc(Cl)c(C(=O)NC3CCS(=O)(=O)C3)c2)C1=O. The summed E-state index contributed by atoms with van der Waals surface area (Å²) in [6.45, 7) is 1.52. The molecule has 2 atom stereocenters. The number of nitrogens with zero attached hydrogens (tertiary/aromatic N) is 1. The van der Waals surface area contributed by atoms with Crippen molar-refractivity contribution >= 4 is 49.0 Å². The van der Waals surface area contributed by atoms with Crippen molar-refractivity contribution in [3.8, 4) is 0 Å². The van der Waals surface area contributed by atoms with E-state index in [1.54, 1.807) is 0 Å². The van der Waals surface area contributed by atoms with E-state index < -0.39 is 43.6 Å². The Hall–Kier alpha value is -1.65. The van der Waals surface area contributed by atoms with Crippen molar-refractivity contribution in [2.45, 2.75) is 19.4 Å². The minimum atomic E-state index is -3.80. The van der Waals surface area contributed by atoms with Gasteiger partial charge in [0.15, 0.2) is 9.84 Å². The van der Waals surface area contributed by atoms with E-state index in [-0.39, 0.29) is 33.5 Å². The Morgan fingerprint density at radius 3 is 2.46 bits per heavy atom. The largest absolute Gasteiger partial charge is 0.348 e. The molecule has 8 nitrogen and oxygen atoms in total. The van der Waals surface area contributed by atoms with Crippen LogP contribution in [0, 0.1) is 5.92 Å². The highest BCUT2D eigenvalue weighted by molar-refractivity contribution is 7.94. The number of sulfonamides is 1. The van der Waals surface area contributed by atoms with E-state index in [2.05, 4.69) is 5.32 Å². The van der Waals surface area contributed by atoms with Crippen LogP contribution in [0.15, 0.2) is 18.2 Å². The standard InChI is InChI=1S/C15H17ClN2O6S2/c1-9-7-26(23,24)18(15(9)20)11-2-3-13(16)12(6-11)14(19)17-10-4-5-25(21,22)8-10/h2-3,6,9-10H,4-5,7-8H2,1H3,(H,17,19). The number of sulfone groups is 1. The van der Waals surface area contributed by atoms with Crippen LogP contribution in [0.25, 0.3) is 0 Å². The predicted octanol–water partition coefficient (Wildman–Crippen LogP) is 0.569. The lowest BCUT2D eigenvalue weighted by atomic mass is 10.1. The number of benzene rings is 1. The second-order valence-corrected chi connectivity index (χ2v) is 11.0. The number of rotatable bonds is 3. The van der Waals surface area contributed by atoms with Gasteiger partial charge in [0, 0.05) is 6.04 Å². The minimum absolute atomic E-state index is 0.00410. The Labute approximate surface area is 156 Å². The third kappa shape index (κ3) is 3.58. The van der Waals surface area contributed by atoms with E-state index in [1.165, 1.54) is 25.1 Å². The molecule has 2 saturated heterocycles. The number of carbonyl (C=O) groups is 2. The zero-order valence-corrected chi connectivity index (χ0v) is 16.2. The van der Waals surface area contributed by atoms with Crippen LogP contribution in [0.3, 0.4) is 0 Å². The molecule has 0 spiro atoms. The lowest BCUT2D eigenvalue weighted by Crippen LogP contribution is -2.36. The number of nitrogens with one attached hydrogen (secondary N) is 1. The summed E-state index contributed by atoms with van der Waals surface area (Å²) in [6.07, 6.45) is 0.307. The maximum Gasteiger partial charge on any atom is 0.253 e. The average molecular weight is 421 g/mol. The molecule has 0 aliphatic carbocycles. The van der Waals surface area contributed by atoms with Crippen molar-refractivity contribution in [2.75, 3.05) is 21.6 Å². The summed E-state index contributed by atoms with van der Waals surface area (Å²) < 4.78 is 48.1. The van der Waals surface area contributed by atoms with Crippen LogP contribution < -0.4 is 9.62 Å². The average Bonchev–Trinajstić information content (AvgIpc) is 2.96. The molecule has 2 unspecified atom stereocenters. The maximum absolute atomic E-state index is 12.5. The quantitative estimate of drug-likeness (QED) is 0.763. The number of hydrogen-bond donors (Lipinski definition) is 1. The maximum atomic E-state index is 12.5. The van der Waals surface area contributed by atoms with Gasteiger partial charge in [-0.15, -0.1) is 0 Å². The molecule has 2 fully saturated rings. The van der Waals surface area contributed by atoms with Gasteiger partial charge in [-0.05, 0) is 24.6 Å². The molecular formula is C15H17ClN2O6S2. The molecule has 1 aromatic carbocycles. The minimum Gasteiger partial charge on any atom is -0.348 e. The molecule has 1 aromatic rings. The molecule has 3 rings (SSSR count). The first kappa shape index (κ1) is 19.1. The third-order valence-corrected chi connectivity index (χ3v) is 8.32. The van der Waals surface area contributed by atoms with Gasteiger partial charge in [-0.25, -0.2) is 21.1 Å². The molecule has 2 aliphatic heterocycles. The third-order valence-electron chi connectivity index (χ3n) is 4.36. The molecule has 11 heteroatoms. The van der Waals surface area contributed by atoms with Crippen LogP contribution in [0.5, 0.6) is 0 Å². The second kappa shape index (κ2) is 6.50. The smallest absolute Gasteiger partial charge is 0.253 e. The molecule has 0 radical (unpaired) electrons. The van der Waals surface area contributed by atoms with Gasteiger partial charge < -0.3 is 5.32 Å². The Bertz CT molecular complexity index is 989. The number of hydrogen-bond acceptors (Lipinski definition) is 6. The Balaban J connectivity index is 1.89. The first-order chi connectivity index (χ1) is 12.0. The van der Waals surface area contributed by atoms with Crippen molar-refractivity contribution in [1.82, 2.24) is 5.32 Å². The van der Waals surface area contributed by atoms with E-state index in [0.29, 0.717) is 10.7 Å². The molecule has 0 bridgehead atoms. The Morgan fingerprint density at radius 2 is 1.92 bits per heavy atom. The fraction of sp³-hybridized carbons (Fsp3) is 0.467. The predicted molar refractivity (Wildman–Crippen MR) is 96.4 cm³/mol. The molecular weight excluding hydrogens is 404 g/mol. The van der Waals surface area contributed by atoms with Gasteiger partial charge >= 0.3 is 0 Å². The van der Waals surface area contributed by atoms with Crippen molar-refractivity contribution in [3.63, 3.8) is 0 Å². The Kier molecular flexibility index (Phi) is 4.78. The van der Waals surface area contributed by atoms with Crippen LogP contribution in [0.1, 0.15) is 23.7 Å². The fourth-order valence-corrected chi connectivity index (χ4v) is 6.76. The van der Waals surface area contributed by atoms with Crippen molar-refractivity contribution in [1.29, 1.82) is 0 Å². The lowest BCUT2D eigenvalue weighted by Gasteiger charge is -2.17. The molecule has 142 valence electrons. The van der Waals surface area contributed by atoms with Crippen LogP contribution in [0.4, 0.5) is 5.69 Å². The first-order valence-corrected chi connectivity index (χ1v) is 11.7. The number of amides is 2. The van der Waals surface area contributed by atoms with Gasteiger partial charge in [0.05, 0.1) is 39.4 Å². The Morgan fingerprint density at radius 1 is 1.23 bits per heavy atom. The van der Waals surface area contributed by atoms with Crippen LogP contribution in [0.2, 0.25) is 5.02 Å². The molecule has 26 heavy (non-hydrogen) atoms. The molecule has 2 heterocycles. The van der Waals surface area contributed by atoms with Crippen molar-refractivity contribution < 1.29 is 26.4 Å². The van der Waals surface area contributed by atoms with Crippen LogP contribution in [-0.2, 0) is 24.7 Å². The first-order valence-electron chi connectivity index (χ1n) is 7.88. The second-order valence-electron chi connectivity index (χ2n) is 6.52. The van der Waals surface area contributed by atoms with E-state index in [9.17, 15) is 26.4 Å². The number of carbonyl (C=O) groups excluding carboxylic acids is 2. The summed E-state index contributed by atoms with van der Waals surface area (Å²) in [5.74, 6) is -2.29. The van der Waals surface area contributed by atoms with Gasteiger partial charge in [0.2, 0.25) is 15.9 Å². The zero-order valence-electron chi connectivity index (χ0n) is 13.8. The highest BCUT2D eigenvalue weighted by Crippen LogP contribution is 2.31. The van der Waals surface area contributed by atoms with Gasteiger partial charge in [-0.3, -0.25) is 9.59 Å². The summed E-state index contributed by atoms with van der Waals surface area (Å²) >= 11 is 6.04. The topological polar surface area (TPSA) is 118 Å². The van der Waals surface area contributed by atoms with E-state index in [4.69, 9.17) is 11.6 Å². The van der Waals surface area contributed by atoms with E-state index in [0.717, 1.165) is 0 Å². The summed E-state index contributed by atoms with van der Waals surface area (Å²) in [5, 5.41) is 2.67. The van der Waals surface area contributed by atoms with Gasteiger partial charge in [-0.1, -0.05) is 18.5 Å². The highest BCUT2D eigenvalue weighted by Gasteiger charge is 2.42. The summed E-state index contributed by atoms with van der Waals surface area (Å²) in [7, 11) is -6.97. The molecule has 2 aliphatic rings. The summed E-state index contributed by atoms with van der Waals surface area (Å²) in [6, 6.07) is 3.40. The summed E-state index contributed by atoms with van der Waals surface area (Å²) in [5.41, 5.74) is 0.0176. The van der Waals surface area contributed by atoms with Crippen molar-refractivity contribution in [2.24, 2.45) is 5.92 Å². The normalized spacial score (nSPS) is 26.8. The number of halogens is 1. The molecule has 2 amide bonds. The van der Waals surface area contributed by atoms with Crippen LogP contribution in [-0.4, -0.2) is 52.0 Å². The van der Waals surface area contributed by atoms with Gasteiger partial charge in [-0.2, -0.15) is 0 Å². The van der Waals surface area contributed by atoms with Gasteiger partial charge in [0.25, 0.3) is 5.91 Å². The monoisotopic (exact) mass is 420 g/mol. The number of anilines is 1.